The van der Waals surface area contributed by atoms with Gasteiger partial charge in [0.2, 0.25) is 0 Å². The van der Waals surface area contributed by atoms with E-state index < -0.39 is 0 Å². The number of hydrogen-bond acceptors (Lipinski definition) is 4. The molecule has 3 rings (SSSR count). The Labute approximate surface area is 175 Å². The van der Waals surface area contributed by atoms with Gasteiger partial charge in [-0.2, -0.15) is 0 Å². The molecule has 0 fully saturated rings. The second-order valence-corrected chi connectivity index (χ2v) is 8.38. The highest BCUT2D eigenvalue weighted by atomic mass is 35.5. The maximum atomic E-state index is 12.2. The Morgan fingerprint density at radius 1 is 1.14 bits per heavy atom. The Morgan fingerprint density at radius 3 is 2.75 bits per heavy atom. The van der Waals surface area contributed by atoms with Gasteiger partial charge in [-0.1, -0.05) is 35.9 Å². The number of thioether (sulfide) groups is 1. The number of hydrogen-bond donors (Lipinski definition) is 1. The zero-order valence-corrected chi connectivity index (χ0v) is 17.2. The van der Waals surface area contributed by atoms with Crippen LogP contribution in [0.1, 0.15) is 42.9 Å². The first-order chi connectivity index (χ1) is 13.6. The first-order valence-electron chi connectivity index (χ1n) is 9.53. The molecule has 0 bridgehead atoms. The Bertz CT molecular complexity index is 810. The van der Waals surface area contributed by atoms with Gasteiger partial charge in [-0.3, -0.25) is 9.59 Å². The third-order valence-electron chi connectivity index (χ3n) is 4.68. The number of halogens is 1. The minimum atomic E-state index is -0.337. The molecule has 0 radical (unpaired) electrons. The average Bonchev–Trinajstić information content (AvgIpc) is 2.71. The number of amides is 1. The van der Waals surface area contributed by atoms with E-state index in [9.17, 15) is 9.59 Å². The summed E-state index contributed by atoms with van der Waals surface area (Å²) >= 11 is 7.52. The zero-order valence-electron chi connectivity index (χ0n) is 15.7. The van der Waals surface area contributed by atoms with Crippen LogP contribution in [0.3, 0.4) is 0 Å². The number of carbonyl (C=O) groups excluding carboxylic acids is 2. The number of aryl methyl sites for hydroxylation is 1. The minimum absolute atomic E-state index is 0.00641. The molecule has 148 valence electrons. The molecule has 0 heterocycles. The quantitative estimate of drug-likeness (QED) is 0.375. The van der Waals surface area contributed by atoms with Crippen molar-refractivity contribution in [2.45, 2.75) is 43.0 Å². The molecule has 1 aliphatic carbocycles. The van der Waals surface area contributed by atoms with Crippen LogP contribution in [0.4, 0.5) is 0 Å². The van der Waals surface area contributed by atoms with Crippen LogP contribution < -0.4 is 5.32 Å². The molecule has 0 saturated carbocycles. The molecule has 2 aromatic rings. The van der Waals surface area contributed by atoms with E-state index in [1.165, 1.54) is 11.1 Å². The summed E-state index contributed by atoms with van der Waals surface area (Å²) < 4.78 is 5.12. The van der Waals surface area contributed by atoms with Crippen molar-refractivity contribution in [3.8, 4) is 0 Å². The number of benzene rings is 2. The lowest BCUT2D eigenvalue weighted by molar-refractivity contribution is -0.148. The van der Waals surface area contributed by atoms with Crippen molar-refractivity contribution in [3.05, 3.63) is 64.7 Å². The first kappa shape index (κ1) is 20.7. The standard InChI is InChI=1S/C22H24ClNO3S/c23-17-10-12-18(13-11-17)28-14-4-9-22(26)27-15-21(25)24-20-8-3-6-16-5-1-2-7-19(16)20/h1-2,5,7,10-13,20H,3-4,6,8-9,14-15H2,(H,24,25)/t20-/m0/s1. The smallest absolute Gasteiger partial charge is 0.306 e. The van der Waals surface area contributed by atoms with Crippen molar-refractivity contribution in [2.24, 2.45) is 0 Å². The number of ether oxygens (including phenoxy) is 1. The molecule has 1 amide bonds. The fourth-order valence-corrected chi connectivity index (χ4v) is 4.27. The number of esters is 1. The summed E-state index contributed by atoms with van der Waals surface area (Å²) in [6, 6.07) is 15.8. The van der Waals surface area contributed by atoms with E-state index in [0.717, 1.165) is 29.9 Å². The van der Waals surface area contributed by atoms with Gasteiger partial charge in [-0.25, -0.2) is 0 Å². The maximum absolute atomic E-state index is 12.2. The summed E-state index contributed by atoms with van der Waals surface area (Å²) in [6.07, 6.45) is 4.01. The number of fused-ring (bicyclic) bond motifs is 1. The van der Waals surface area contributed by atoms with E-state index >= 15 is 0 Å². The van der Waals surface area contributed by atoms with Gasteiger partial charge >= 0.3 is 5.97 Å². The van der Waals surface area contributed by atoms with Gasteiger partial charge in [0.05, 0.1) is 6.04 Å². The number of nitrogens with one attached hydrogen (secondary N) is 1. The normalized spacial score (nSPS) is 15.5. The van der Waals surface area contributed by atoms with E-state index in [1.54, 1.807) is 11.8 Å². The highest BCUT2D eigenvalue weighted by Gasteiger charge is 2.21. The fraction of sp³-hybridized carbons (Fsp3) is 0.364. The summed E-state index contributed by atoms with van der Waals surface area (Å²) in [6.45, 7) is -0.220. The minimum Gasteiger partial charge on any atom is -0.456 e. The van der Waals surface area contributed by atoms with E-state index in [1.807, 2.05) is 36.4 Å². The van der Waals surface area contributed by atoms with Gasteiger partial charge in [0.15, 0.2) is 6.61 Å². The van der Waals surface area contributed by atoms with Gasteiger partial charge in [-0.05, 0) is 66.8 Å². The van der Waals surface area contributed by atoms with Crippen molar-refractivity contribution >= 4 is 35.2 Å². The molecular weight excluding hydrogens is 394 g/mol. The monoisotopic (exact) mass is 417 g/mol. The van der Waals surface area contributed by atoms with Gasteiger partial charge in [0, 0.05) is 16.3 Å². The molecule has 0 aliphatic heterocycles. The van der Waals surface area contributed by atoms with Crippen LogP contribution in [-0.4, -0.2) is 24.2 Å². The molecule has 1 aliphatic rings. The maximum Gasteiger partial charge on any atom is 0.306 e. The van der Waals surface area contributed by atoms with Gasteiger partial charge < -0.3 is 10.1 Å². The highest BCUT2D eigenvalue weighted by molar-refractivity contribution is 7.99. The molecule has 1 atom stereocenters. The van der Waals surface area contributed by atoms with Crippen LogP contribution in [0.15, 0.2) is 53.4 Å². The van der Waals surface area contributed by atoms with Crippen LogP contribution in [0.2, 0.25) is 5.02 Å². The molecule has 0 saturated heterocycles. The fourth-order valence-electron chi connectivity index (χ4n) is 3.30. The van der Waals surface area contributed by atoms with Crippen molar-refractivity contribution in [1.82, 2.24) is 5.32 Å². The highest BCUT2D eigenvalue weighted by Crippen LogP contribution is 2.29. The SMILES string of the molecule is O=C(COC(=O)CCCSc1ccc(Cl)cc1)N[C@H]1CCCc2ccccc21. The second kappa shape index (κ2) is 10.5. The zero-order chi connectivity index (χ0) is 19.8. The van der Waals surface area contributed by atoms with Crippen LogP contribution in [-0.2, 0) is 20.7 Å². The molecule has 0 spiro atoms. The third kappa shape index (κ3) is 6.28. The van der Waals surface area contributed by atoms with Crippen LogP contribution in [0, 0.1) is 0 Å². The van der Waals surface area contributed by atoms with Crippen LogP contribution in [0.5, 0.6) is 0 Å². The van der Waals surface area contributed by atoms with E-state index in [0.29, 0.717) is 17.9 Å². The predicted octanol–water partition coefficient (Wildman–Crippen LogP) is 4.95. The molecule has 0 unspecified atom stereocenters. The van der Waals surface area contributed by atoms with Crippen molar-refractivity contribution in [2.75, 3.05) is 12.4 Å². The Kier molecular flexibility index (Phi) is 7.80. The summed E-state index contributed by atoms with van der Waals surface area (Å²) in [5, 5.41) is 3.70. The van der Waals surface area contributed by atoms with Crippen LogP contribution in [0.25, 0.3) is 0 Å². The Hall–Kier alpha value is -1.98. The van der Waals surface area contributed by atoms with Crippen molar-refractivity contribution in [1.29, 1.82) is 0 Å². The first-order valence-corrected chi connectivity index (χ1v) is 10.9. The molecule has 28 heavy (non-hydrogen) atoms. The Balaban J connectivity index is 1.33. The summed E-state index contributed by atoms with van der Waals surface area (Å²) in [5.41, 5.74) is 2.46. The molecule has 1 N–H and O–H groups in total. The third-order valence-corrected chi connectivity index (χ3v) is 6.03. The number of carbonyl (C=O) groups is 2. The lowest BCUT2D eigenvalue weighted by Crippen LogP contribution is -2.34. The van der Waals surface area contributed by atoms with Gasteiger partial charge in [0.25, 0.3) is 5.91 Å². The summed E-state index contributed by atoms with van der Waals surface area (Å²) in [7, 11) is 0. The van der Waals surface area contributed by atoms with E-state index in [4.69, 9.17) is 16.3 Å². The topological polar surface area (TPSA) is 55.4 Å². The van der Waals surface area contributed by atoms with E-state index in [2.05, 4.69) is 17.4 Å². The van der Waals surface area contributed by atoms with Gasteiger partial charge in [0.1, 0.15) is 0 Å². The molecule has 0 aromatic heterocycles. The lowest BCUT2D eigenvalue weighted by Gasteiger charge is -2.26. The van der Waals surface area contributed by atoms with Crippen LogP contribution >= 0.6 is 23.4 Å². The molecule has 4 nitrogen and oxygen atoms in total. The van der Waals surface area contributed by atoms with Crippen molar-refractivity contribution < 1.29 is 14.3 Å². The van der Waals surface area contributed by atoms with Crippen molar-refractivity contribution in [3.63, 3.8) is 0 Å². The lowest BCUT2D eigenvalue weighted by atomic mass is 9.88. The second-order valence-electron chi connectivity index (χ2n) is 6.78. The average molecular weight is 418 g/mol. The molecule has 2 aromatic carbocycles. The van der Waals surface area contributed by atoms with Gasteiger partial charge in [-0.15, -0.1) is 11.8 Å². The Morgan fingerprint density at radius 2 is 1.93 bits per heavy atom. The summed E-state index contributed by atoms with van der Waals surface area (Å²) in [5.74, 6) is 0.225. The number of rotatable bonds is 8. The summed E-state index contributed by atoms with van der Waals surface area (Å²) in [4.78, 5) is 25.1. The molecular formula is C22H24ClNO3S. The predicted molar refractivity (Wildman–Crippen MR) is 113 cm³/mol. The van der Waals surface area contributed by atoms with E-state index in [-0.39, 0.29) is 24.5 Å². The molecule has 6 heteroatoms. The largest absolute Gasteiger partial charge is 0.456 e.